The second-order valence-corrected chi connectivity index (χ2v) is 11.8. The van der Waals surface area contributed by atoms with Crippen LogP contribution in [0.5, 0.6) is 0 Å². The van der Waals surface area contributed by atoms with Gasteiger partial charge in [-0.15, -0.1) is 0 Å². The molecular formula is C29H35F4N5O2. The summed E-state index contributed by atoms with van der Waals surface area (Å²) in [7, 11) is 0. The summed E-state index contributed by atoms with van der Waals surface area (Å²) in [4.78, 5) is 21.4. The minimum Gasteiger partial charge on any atom is -0.378 e. The second-order valence-electron chi connectivity index (χ2n) is 11.8. The molecule has 1 aromatic carbocycles. The largest absolute Gasteiger partial charge is 0.389 e. The fourth-order valence-corrected chi connectivity index (χ4v) is 5.41. The normalized spacial score (nSPS) is 18.6. The Hall–Kier alpha value is -3.34. The van der Waals surface area contributed by atoms with Crippen LogP contribution in [-0.2, 0) is 10.2 Å². The quantitative estimate of drug-likeness (QED) is 0.375. The summed E-state index contributed by atoms with van der Waals surface area (Å²) in [6, 6.07) is 4.40. The highest BCUT2D eigenvalue weighted by Gasteiger charge is 2.36. The van der Waals surface area contributed by atoms with Gasteiger partial charge < -0.3 is 24.3 Å². The first-order chi connectivity index (χ1) is 18.8. The molecule has 0 spiro atoms. The molecule has 0 aliphatic carbocycles. The molecule has 4 heterocycles. The third-order valence-corrected chi connectivity index (χ3v) is 7.61. The number of hydrogen-bond donors (Lipinski definition) is 1. The van der Waals surface area contributed by atoms with E-state index in [-0.39, 0.29) is 30.6 Å². The molecule has 0 saturated carbocycles. The molecular weight excluding hydrogens is 526 g/mol. The van der Waals surface area contributed by atoms with Crippen LogP contribution in [-0.4, -0.2) is 65.9 Å². The topological polar surface area (TPSA) is 62.1 Å². The van der Waals surface area contributed by atoms with Gasteiger partial charge in [0.05, 0.1) is 30.3 Å². The number of morpholine rings is 1. The number of aromatic nitrogens is 2. The van der Waals surface area contributed by atoms with Crippen molar-refractivity contribution in [1.29, 1.82) is 0 Å². The summed E-state index contributed by atoms with van der Waals surface area (Å²) in [6.07, 6.45) is -0.983. The lowest BCUT2D eigenvalue weighted by Crippen LogP contribution is -2.36. The van der Waals surface area contributed by atoms with Gasteiger partial charge in [-0.05, 0) is 48.6 Å². The molecule has 2 saturated heterocycles. The summed E-state index contributed by atoms with van der Waals surface area (Å²) < 4.78 is 61.0. The molecule has 2 amide bonds. The second kappa shape index (κ2) is 10.6. The predicted molar refractivity (Wildman–Crippen MR) is 146 cm³/mol. The first kappa shape index (κ1) is 28.2. The number of halogens is 4. The zero-order valence-electron chi connectivity index (χ0n) is 23.2. The van der Waals surface area contributed by atoms with Gasteiger partial charge in [-0.25, -0.2) is 14.2 Å². The smallest absolute Gasteiger partial charge is 0.378 e. The molecule has 7 nitrogen and oxygen atoms in total. The molecule has 2 fully saturated rings. The third-order valence-electron chi connectivity index (χ3n) is 7.61. The summed E-state index contributed by atoms with van der Waals surface area (Å²) in [6.45, 7) is 10.9. The summed E-state index contributed by atoms with van der Waals surface area (Å²) in [5.74, 6) is -1.25. The lowest BCUT2D eigenvalue weighted by atomic mass is 9.93. The maximum Gasteiger partial charge on any atom is 0.389 e. The van der Waals surface area contributed by atoms with E-state index < -0.39 is 30.4 Å². The number of hydrogen-bond acceptors (Lipinski definition) is 4. The van der Waals surface area contributed by atoms with E-state index >= 15 is 4.39 Å². The first-order valence-electron chi connectivity index (χ1n) is 13.6. The number of nitrogens with zero attached hydrogens (tertiary/aromatic N) is 4. The highest BCUT2D eigenvalue weighted by Crippen LogP contribution is 2.36. The van der Waals surface area contributed by atoms with Crippen molar-refractivity contribution < 1.29 is 27.1 Å². The molecule has 2 aliphatic heterocycles. The molecule has 0 bridgehead atoms. The molecule has 2 aliphatic rings. The lowest BCUT2D eigenvalue weighted by molar-refractivity contribution is -0.143. The number of nitrogens with one attached hydrogen (secondary N) is 1. The van der Waals surface area contributed by atoms with Crippen LogP contribution in [0, 0.1) is 18.7 Å². The molecule has 0 unspecified atom stereocenters. The number of amides is 2. The number of carbonyl (C=O) groups excluding carboxylic acids is 1. The molecule has 5 rings (SSSR count). The van der Waals surface area contributed by atoms with Gasteiger partial charge in [0.2, 0.25) is 0 Å². The number of rotatable bonds is 4. The number of likely N-dealkylation sites (tertiary alicyclic amines) is 1. The molecule has 40 heavy (non-hydrogen) atoms. The van der Waals surface area contributed by atoms with E-state index in [1.54, 1.807) is 13.0 Å². The van der Waals surface area contributed by atoms with Crippen LogP contribution >= 0.6 is 0 Å². The highest BCUT2D eigenvalue weighted by molar-refractivity contribution is 5.91. The number of carbonyl (C=O) groups is 1. The fraction of sp³-hybridized carbons (Fsp3) is 0.517. The summed E-state index contributed by atoms with van der Waals surface area (Å²) in [5, 5.41) is 2.60. The number of urea groups is 1. The van der Waals surface area contributed by atoms with Gasteiger partial charge in [0.1, 0.15) is 5.82 Å². The van der Waals surface area contributed by atoms with Crippen LogP contribution in [0.2, 0.25) is 0 Å². The molecule has 11 heteroatoms. The average molecular weight is 562 g/mol. The summed E-state index contributed by atoms with van der Waals surface area (Å²) in [5.41, 5.74) is 4.78. The molecule has 3 aromatic rings. The Kier molecular flexibility index (Phi) is 7.45. The van der Waals surface area contributed by atoms with Crippen molar-refractivity contribution in [2.24, 2.45) is 5.92 Å². The highest BCUT2D eigenvalue weighted by atomic mass is 19.4. The first-order valence-corrected chi connectivity index (χ1v) is 13.6. The van der Waals surface area contributed by atoms with Gasteiger partial charge >= 0.3 is 12.2 Å². The molecule has 2 aromatic heterocycles. The molecule has 1 N–H and O–H groups in total. The number of benzene rings is 1. The number of ether oxygens (including phenoxy) is 1. The van der Waals surface area contributed by atoms with E-state index in [0.29, 0.717) is 31.9 Å². The van der Waals surface area contributed by atoms with Crippen molar-refractivity contribution in [3.05, 3.63) is 47.7 Å². The van der Waals surface area contributed by atoms with Gasteiger partial charge in [0.15, 0.2) is 5.65 Å². The van der Waals surface area contributed by atoms with Crippen LogP contribution < -0.4 is 10.2 Å². The van der Waals surface area contributed by atoms with Crippen molar-refractivity contribution in [2.75, 3.05) is 49.6 Å². The van der Waals surface area contributed by atoms with E-state index in [9.17, 15) is 18.0 Å². The number of pyridine rings is 1. The zero-order valence-corrected chi connectivity index (χ0v) is 23.2. The molecule has 0 radical (unpaired) electrons. The van der Waals surface area contributed by atoms with Crippen molar-refractivity contribution in [1.82, 2.24) is 14.3 Å². The van der Waals surface area contributed by atoms with Gasteiger partial charge in [-0.2, -0.15) is 13.2 Å². The number of aryl methyl sites for hydroxylation is 1. The van der Waals surface area contributed by atoms with Crippen molar-refractivity contribution in [2.45, 2.75) is 52.1 Å². The van der Waals surface area contributed by atoms with E-state index in [4.69, 9.17) is 9.72 Å². The van der Waals surface area contributed by atoms with E-state index in [1.165, 1.54) is 11.0 Å². The number of imidazole rings is 1. The monoisotopic (exact) mass is 561 g/mol. The van der Waals surface area contributed by atoms with Crippen LogP contribution in [0.1, 0.15) is 44.9 Å². The standard InChI is InChI=1S/C29H35F4N5O2/c1-18-11-22(30)23(34-27(39)37-6-5-19(15-37)14-29(31,32)33)13-21(18)20-12-24(36-7-9-40-10-8-36)26-35-25(28(2,3)4)17-38(26)16-20/h11-13,16-17,19H,5-10,14-15H2,1-4H3,(H,34,39)/t19-/m0/s1. The van der Waals surface area contributed by atoms with Gasteiger partial charge in [-0.1, -0.05) is 20.8 Å². The van der Waals surface area contributed by atoms with E-state index in [0.717, 1.165) is 28.2 Å². The van der Waals surface area contributed by atoms with Crippen LogP contribution in [0.15, 0.2) is 30.6 Å². The Balaban J connectivity index is 1.48. The molecule has 1 atom stereocenters. The Morgan fingerprint density at radius 2 is 1.82 bits per heavy atom. The third kappa shape index (κ3) is 6.04. The number of anilines is 2. The zero-order chi connectivity index (χ0) is 28.8. The van der Waals surface area contributed by atoms with Gasteiger partial charge in [0.25, 0.3) is 0 Å². The lowest BCUT2D eigenvalue weighted by Gasteiger charge is -2.29. The fourth-order valence-electron chi connectivity index (χ4n) is 5.41. The van der Waals surface area contributed by atoms with Crippen molar-refractivity contribution in [3.63, 3.8) is 0 Å². The van der Waals surface area contributed by atoms with Crippen LogP contribution in [0.3, 0.4) is 0 Å². The SMILES string of the molecule is Cc1cc(F)c(NC(=O)N2CC[C@@H](CC(F)(F)F)C2)cc1-c1cc(N2CCOCC2)c2nc(C(C)(C)C)cn2c1. The Morgan fingerprint density at radius 1 is 1.10 bits per heavy atom. The maximum absolute atomic E-state index is 15.0. The van der Waals surface area contributed by atoms with Crippen LogP contribution in [0.4, 0.5) is 33.7 Å². The van der Waals surface area contributed by atoms with Gasteiger partial charge in [0, 0.05) is 56.0 Å². The van der Waals surface area contributed by atoms with E-state index in [2.05, 4.69) is 31.0 Å². The molecule has 216 valence electrons. The maximum atomic E-state index is 15.0. The van der Waals surface area contributed by atoms with Crippen molar-refractivity contribution >= 4 is 23.1 Å². The number of fused-ring (bicyclic) bond motifs is 1. The number of alkyl halides is 3. The Labute approximate surface area is 231 Å². The van der Waals surface area contributed by atoms with Gasteiger partial charge in [-0.3, -0.25) is 0 Å². The Bertz CT molecular complexity index is 1410. The average Bonchev–Trinajstić information content (AvgIpc) is 3.52. The Morgan fingerprint density at radius 3 is 2.50 bits per heavy atom. The van der Waals surface area contributed by atoms with E-state index in [1.807, 2.05) is 22.9 Å². The van der Waals surface area contributed by atoms with Crippen LogP contribution in [0.25, 0.3) is 16.8 Å². The predicted octanol–water partition coefficient (Wildman–Crippen LogP) is 6.39. The minimum atomic E-state index is -4.28. The summed E-state index contributed by atoms with van der Waals surface area (Å²) >= 11 is 0. The minimum absolute atomic E-state index is 0.0119. The van der Waals surface area contributed by atoms with Crippen molar-refractivity contribution in [3.8, 4) is 11.1 Å².